The average molecular weight is 233 g/mol. The van der Waals surface area contributed by atoms with Crippen molar-refractivity contribution in [3.8, 4) is 0 Å². The average Bonchev–Trinajstić information content (AvgIpc) is 2.21. The number of hydrogen-bond acceptors (Lipinski definition) is 3. The topological polar surface area (TPSA) is 68.0 Å². The van der Waals surface area contributed by atoms with E-state index >= 15 is 0 Å². The molecule has 4 nitrogen and oxygen atoms in total. The zero-order chi connectivity index (χ0) is 12.3. The number of carbonyl (C=O) groups is 1. The molecule has 1 fully saturated rings. The highest BCUT2D eigenvalue weighted by Crippen LogP contribution is 2.28. The van der Waals surface area contributed by atoms with Gasteiger partial charge in [0.25, 0.3) is 5.91 Å². The molecule has 0 aromatic carbocycles. The fourth-order valence-electron chi connectivity index (χ4n) is 2.04. The summed E-state index contributed by atoms with van der Waals surface area (Å²) in [5, 5.41) is 2.90. The third-order valence-corrected chi connectivity index (χ3v) is 3.38. The molecule has 1 amide bonds. The largest absolute Gasteiger partial charge is 0.398 e. The van der Waals surface area contributed by atoms with E-state index in [4.69, 9.17) is 5.73 Å². The second-order valence-corrected chi connectivity index (χ2v) is 4.75. The number of nitrogens with two attached hydrogens (primary N) is 1. The van der Waals surface area contributed by atoms with Crippen LogP contribution in [-0.2, 0) is 0 Å². The lowest BCUT2D eigenvalue weighted by Gasteiger charge is -2.25. The van der Waals surface area contributed by atoms with Gasteiger partial charge in [0.05, 0.1) is 5.56 Å². The van der Waals surface area contributed by atoms with Gasteiger partial charge >= 0.3 is 0 Å². The maximum Gasteiger partial charge on any atom is 0.254 e. The van der Waals surface area contributed by atoms with Crippen LogP contribution in [0.3, 0.4) is 0 Å². The molecule has 1 saturated carbocycles. The minimum absolute atomic E-state index is 0.116. The molecule has 1 aromatic rings. The second kappa shape index (κ2) is 5.17. The zero-order valence-corrected chi connectivity index (χ0v) is 10.2. The van der Waals surface area contributed by atoms with Crippen LogP contribution in [0.25, 0.3) is 0 Å². The number of nitrogen functional groups attached to an aromatic ring is 1. The molecule has 1 aliphatic rings. The number of aromatic nitrogens is 1. The lowest BCUT2D eigenvalue weighted by Crippen LogP contribution is -2.28. The smallest absolute Gasteiger partial charge is 0.254 e. The highest BCUT2D eigenvalue weighted by atomic mass is 16.1. The molecule has 92 valence electrons. The summed E-state index contributed by atoms with van der Waals surface area (Å²) in [6, 6.07) is 1.72. The fraction of sp³-hybridized carbons (Fsp3) is 0.538. The van der Waals surface area contributed by atoms with E-state index in [0.29, 0.717) is 11.3 Å². The van der Waals surface area contributed by atoms with E-state index in [1.807, 2.05) is 6.92 Å². The molecular formula is C13H19N3O. The zero-order valence-electron chi connectivity index (χ0n) is 10.2. The summed E-state index contributed by atoms with van der Waals surface area (Å²) >= 11 is 0. The van der Waals surface area contributed by atoms with Gasteiger partial charge in [-0.25, -0.2) is 0 Å². The van der Waals surface area contributed by atoms with E-state index in [2.05, 4.69) is 10.3 Å². The van der Waals surface area contributed by atoms with Crippen molar-refractivity contribution in [1.82, 2.24) is 10.3 Å². The molecule has 1 aliphatic carbocycles. The van der Waals surface area contributed by atoms with Crippen molar-refractivity contribution >= 4 is 11.6 Å². The van der Waals surface area contributed by atoms with Crippen molar-refractivity contribution in [3.05, 3.63) is 23.5 Å². The van der Waals surface area contributed by atoms with Crippen LogP contribution >= 0.6 is 0 Å². The van der Waals surface area contributed by atoms with Gasteiger partial charge in [-0.15, -0.1) is 0 Å². The number of anilines is 1. The molecule has 1 aromatic heterocycles. The van der Waals surface area contributed by atoms with Crippen LogP contribution in [0.1, 0.15) is 41.7 Å². The quantitative estimate of drug-likeness (QED) is 0.834. The lowest BCUT2D eigenvalue weighted by molar-refractivity contribution is 0.0949. The first-order valence-corrected chi connectivity index (χ1v) is 6.17. The van der Waals surface area contributed by atoms with E-state index in [0.717, 1.165) is 24.6 Å². The van der Waals surface area contributed by atoms with Gasteiger partial charge in [-0.3, -0.25) is 9.78 Å². The van der Waals surface area contributed by atoms with Crippen LogP contribution in [0.4, 0.5) is 5.69 Å². The molecule has 2 rings (SSSR count). The highest BCUT2D eigenvalue weighted by Gasteiger charge is 2.17. The van der Waals surface area contributed by atoms with Gasteiger partial charge in [0.2, 0.25) is 0 Å². The minimum Gasteiger partial charge on any atom is -0.398 e. The number of hydrogen-bond donors (Lipinski definition) is 2. The van der Waals surface area contributed by atoms with Gasteiger partial charge in [-0.1, -0.05) is 19.3 Å². The van der Waals surface area contributed by atoms with Gasteiger partial charge in [0.15, 0.2) is 0 Å². The van der Waals surface area contributed by atoms with E-state index in [-0.39, 0.29) is 5.91 Å². The van der Waals surface area contributed by atoms with Crippen LogP contribution in [0, 0.1) is 12.8 Å². The molecule has 0 atom stereocenters. The van der Waals surface area contributed by atoms with Gasteiger partial charge in [-0.05, 0) is 25.3 Å². The Kier molecular flexibility index (Phi) is 3.61. The Labute approximate surface area is 102 Å². The molecule has 0 aliphatic heterocycles. The van der Waals surface area contributed by atoms with Crippen molar-refractivity contribution < 1.29 is 4.79 Å². The van der Waals surface area contributed by atoms with Crippen molar-refractivity contribution in [1.29, 1.82) is 0 Å². The number of nitrogens with one attached hydrogen (secondary N) is 1. The van der Waals surface area contributed by atoms with Crippen molar-refractivity contribution in [3.63, 3.8) is 0 Å². The first-order chi connectivity index (χ1) is 8.16. The summed E-state index contributed by atoms with van der Waals surface area (Å²) in [6.07, 6.45) is 6.58. The summed E-state index contributed by atoms with van der Waals surface area (Å²) in [6.45, 7) is 2.59. The summed E-state index contributed by atoms with van der Waals surface area (Å²) < 4.78 is 0. The van der Waals surface area contributed by atoms with Gasteiger partial charge in [0.1, 0.15) is 0 Å². The van der Waals surface area contributed by atoms with Gasteiger partial charge in [-0.2, -0.15) is 0 Å². The number of rotatable bonds is 4. The number of aryl methyl sites for hydroxylation is 1. The van der Waals surface area contributed by atoms with Crippen LogP contribution in [0.2, 0.25) is 0 Å². The van der Waals surface area contributed by atoms with Crippen LogP contribution < -0.4 is 11.1 Å². The number of carbonyl (C=O) groups excluding carboxylic acids is 1. The predicted octanol–water partition coefficient (Wildman–Crippen LogP) is 1.89. The van der Waals surface area contributed by atoms with Crippen molar-refractivity contribution in [2.24, 2.45) is 5.92 Å². The van der Waals surface area contributed by atoms with E-state index in [1.54, 1.807) is 12.3 Å². The Hall–Kier alpha value is -1.58. The molecule has 0 spiro atoms. The summed E-state index contributed by atoms with van der Waals surface area (Å²) in [5.41, 5.74) is 7.59. The van der Waals surface area contributed by atoms with Gasteiger partial charge < -0.3 is 11.1 Å². The third-order valence-electron chi connectivity index (χ3n) is 3.38. The van der Waals surface area contributed by atoms with E-state index in [9.17, 15) is 4.79 Å². The molecule has 17 heavy (non-hydrogen) atoms. The molecule has 0 bridgehead atoms. The monoisotopic (exact) mass is 233 g/mol. The molecule has 0 saturated heterocycles. The lowest BCUT2D eigenvalue weighted by atomic mass is 9.83. The summed E-state index contributed by atoms with van der Waals surface area (Å²) in [5.74, 6) is 0.693. The van der Waals surface area contributed by atoms with Crippen LogP contribution in [0.15, 0.2) is 12.3 Å². The van der Waals surface area contributed by atoms with Crippen LogP contribution in [-0.4, -0.2) is 17.4 Å². The minimum atomic E-state index is -0.116. The number of nitrogens with zero attached hydrogens (tertiary/aromatic N) is 1. The maximum absolute atomic E-state index is 11.8. The number of amides is 1. The van der Waals surface area contributed by atoms with Crippen molar-refractivity contribution in [2.75, 3.05) is 12.3 Å². The van der Waals surface area contributed by atoms with Crippen LogP contribution in [0.5, 0.6) is 0 Å². The van der Waals surface area contributed by atoms with Crippen molar-refractivity contribution in [2.45, 2.75) is 32.6 Å². The summed E-state index contributed by atoms with van der Waals surface area (Å²) in [4.78, 5) is 15.9. The highest BCUT2D eigenvalue weighted by molar-refractivity contribution is 5.98. The molecular weight excluding hydrogens is 214 g/mol. The molecule has 3 N–H and O–H groups in total. The van der Waals surface area contributed by atoms with Gasteiger partial charge in [0, 0.05) is 24.1 Å². The Morgan fingerprint density at radius 3 is 2.94 bits per heavy atom. The molecule has 0 unspecified atom stereocenters. The first kappa shape index (κ1) is 11.9. The predicted molar refractivity (Wildman–Crippen MR) is 67.7 cm³/mol. The Bertz CT molecular complexity index is 413. The van der Waals surface area contributed by atoms with E-state index in [1.165, 1.54) is 19.3 Å². The van der Waals surface area contributed by atoms with E-state index < -0.39 is 0 Å². The summed E-state index contributed by atoms with van der Waals surface area (Å²) in [7, 11) is 0. The molecule has 1 heterocycles. The maximum atomic E-state index is 11.8. The Morgan fingerprint density at radius 2 is 2.35 bits per heavy atom. The Balaban J connectivity index is 1.85. The third kappa shape index (κ3) is 2.96. The SMILES string of the molecule is Cc1cc(N)c(C(=O)NCCC2CCC2)cn1. The normalized spacial score (nSPS) is 15.4. The molecule has 0 radical (unpaired) electrons. The Morgan fingerprint density at radius 1 is 1.59 bits per heavy atom. The standard InChI is InChI=1S/C13H19N3O/c1-9-7-12(14)11(8-16-9)13(17)15-6-5-10-3-2-4-10/h7-8,10H,2-6H2,1H3,(H2,14,16)(H,15,17). The second-order valence-electron chi connectivity index (χ2n) is 4.75. The first-order valence-electron chi connectivity index (χ1n) is 6.17. The molecule has 4 heteroatoms. The number of pyridine rings is 1. The fourth-order valence-corrected chi connectivity index (χ4v) is 2.04.